The van der Waals surface area contributed by atoms with E-state index in [2.05, 4.69) is 10.2 Å². The van der Waals surface area contributed by atoms with Crippen LogP contribution in [0.1, 0.15) is 12.0 Å². The first-order valence-corrected chi connectivity index (χ1v) is 12.4. The van der Waals surface area contributed by atoms with Crippen LogP contribution >= 0.6 is 0 Å². The number of nitrogens with zero attached hydrogens (tertiary/aromatic N) is 3. The minimum absolute atomic E-state index is 0.0213. The number of nitrogens with one attached hydrogen (secondary N) is 1. The zero-order chi connectivity index (χ0) is 24.3. The lowest BCUT2D eigenvalue weighted by Gasteiger charge is -2.33. The molecule has 1 aliphatic heterocycles. The SMILES string of the molecule is Cc1cc([N+](=O)[O-])ccc1NC(=O)CCN1CCN(S(=O)(=O)c2ccc3ccccc3c2)CC1. The molecule has 0 aliphatic carbocycles. The number of carbonyl (C=O) groups is 1. The Morgan fingerprint density at radius 3 is 2.38 bits per heavy atom. The quantitative estimate of drug-likeness (QED) is 0.408. The molecule has 34 heavy (non-hydrogen) atoms. The first-order chi connectivity index (χ1) is 16.2. The summed E-state index contributed by atoms with van der Waals surface area (Å²) in [6, 6.07) is 17.1. The summed E-state index contributed by atoms with van der Waals surface area (Å²) in [7, 11) is -3.58. The van der Waals surface area contributed by atoms with E-state index in [0.717, 1.165) is 10.8 Å². The molecule has 0 radical (unpaired) electrons. The second-order valence-corrected chi connectivity index (χ2v) is 10.2. The highest BCUT2D eigenvalue weighted by molar-refractivity contribution is 7.89. The molecule has 3 aromatic rings. The molecule has 0 spiro atoms. The van der Waals surface area contributed by atoms with Gasteiger partial charge in [-0.05, 0) is 41.5 Å². The highest BCUT2D eigenvalue weighted by atomic mass is 32.2. The number of nitro groups is 1. The molecule has 1 heterocycles. The van der Waals surface area contributed by atoms with Crippen LogP contribution in [0.15, 0.2) is 65.6 Å². The number of hydrogen-bond acceptors (Lipinski definition) is 6. The van der Waals surface area contributed by atoms with E-state index in [1.54, 1.807) is 19.1 Å². The maximum Gasteiger partial charge on any atom is 0.269 e. The fourth-order valence-corrected chi connectivity index (χ4v) is 5.50. The van der Waals surface area contributed by atoms with Crippen molar-refractivity contribution in [3.63, 3.8) is 0 Å². The van der Waals surface area contributed by atoms with E-state index in [-0.39, 0.29) is 22.9 Å². The first-order valence-electron chi connectivity index (χ1n) is 11.0. The number of carbonyl (C=O) groups excluding carboxylic acids is 1. The number of fused-ring (bicyclic) bond motifs is 1. The Balaban J connectivity index is 1.29. The number of nitro benzene ring substituents is 1. The van der Waals surface area contributed by atoms with Crippen molar-refractivity contribution in [3.05, 3.63) is 76.3 Å². The molecule has 0 saturated carbocycles. The van der Waals surface area contributed by atoms with Gasteiger partial charge in [-0.15, -0.1) is 0 Å². The number of non-ortho nitro benzene ring substituents is 1. The van der Waals surface area contributed by atoms with Gasteiger partial charge in [-0.1, -0.05) is 30.3 Å². The summed E-state index contributed by atoms with van der Waals surface area (Å²) in [5.74, 6) is -0.192. The smallest absolute Gasteiger partial charge is 0.269 e. The third-order valence-corrected chi connectivity index (χ3v) is 7.93. The Bertz CT molecular complexity index is 1330. The van der Waals surface area contributed by atoms with Crippen molar-refractivity contribution in [2.75, 3.05) is 38.0 Å². The summed E-state index contributed by atoms with van der Waals surface area (Å²) in [6.07, 6.45) is 0.244. The van der Waals surface area contributed by atoms with Crippen LogP contribution in [-0.4, -0.2) is 61.2 Å². The lowest BCUT2D eigenvalue weighted by molar-refractivity contribution is -0.384. The molecule has 0 aromatic heterocycles. The minimum atomic E-state index is -3.58. The molecule has 4 rings (SSSR count). The number of hydrogen-bond donors (Lipinski definition) is 1. The van der Waals surface area contributed by atoms with Gasteiger partial charge in [0.2, 0.25) is 15.9 Å². The molecule has 1 N–H and O–H groups in total. The third kappa shape index (κ3) is 5.24. The Morgan fingerprint density at radius 1 is 1.00 bits per heavy atom. The Morgan fingerprint density at radius 2 is 1.71 bits per heavy atom. The van der Waals surface area contributed by atoms with Crippen LogP contribution in [0, 0.1) is 17.0 Å². The maximum absolute atomic E-state index is 13.1. The van der Waals surface area contributed by atoms with Crippen LogP contribution in [0.4, 0.5) is 11.4 Å². The van der Waals surface area contributed by atoms with Crippen molar-refractivity contribution in [2.45, 2.75) is 18.2 Å². The van der Waals surface area contributed by atoms with Crippen LogP contribution in [0.5, 0.6) is 0 Å². The second kappa shape index (κ2) is 9.88. The van der Waals surface area contributed by atoms with E-state index in [1.165, 1.54) is 22.5 Å². The van der Waals surface area contributed by atoms with Gasteiger partial charge in [0.25, 0.3) is 5.69 Å². The standard InChI is InChI=1S/C24H26N4O5S/c1-18-16-21(28(30)31)7-9-23(18)25-24(29)10-11-26-12-14-27(15-13-26)34(32,33)22-8-6-19-4-2-3-5-20(19)17-22/h2-9,16-17H,10-15H2,1H3,(H,25,29). The zero-order valence-corrected chi connectivity index (χ0v) is 19.6. The van der Waals surface area contributed by atoms with Gasteiger partial charge in [0.05, 0.1) is 9.82 Å². The molecule has 1 aliphatic rings. The number of rotatable bonds is 7. The molecular weight excluding hydrogens is 456 g/mol. The highest BCUT2D eigenvalue weighted by Crippen LogP contribution is 2.23. The summed E-state index contributed by atoms with van der Waals surface area (Å²) in [6.45, 7) is 4.00. The van der Waals surface area contributed by atoms with E-state index in [4.69, 9.17) is 0 Å². The largest absolute Gasteiger partial charge is 0.326 e. The van der Waals surface area contributed by atoms with Crippen molar-refractivity contribution in [1.82, 2.24) is 9.21 Å². The normalized spacial score (nSPS) is 15.3. The topological polar surface area (TPSA) is 113 Å². The molecule has 1 fully saturated rings. The molecule has 9 nitrogen and oxygen atoms in total. The van der Waals surface area contributed by atoms with Gasteiger partial charge in [0.1, 0.15) is 0 Å². The van der Waals surface area contributed by atoms with Gasteiger partial charge in [-0.25, -0.2) is 8.42 Å². The third-order valence-electron chi connectivity index (χ3n) is 6.04. The van der Waals surface area contributed by atoms with Crippen molar-refractivity contribution >= 4 is 38.1 Å². The Hall–Kier alpha value is -3.34. The molecule has 10 heteroatoms. The van der Waals surface area contributed by atoms with Gasteiger partial charge in [-0.3, -0.25) is 14.9 Å². The molecule has 178 valence electrons. The number of amides is 1. The summed E-state index contributed by atoms with van der Waals surface area (Å²) in [5.41, 5.74) is 1.14. The van der Waals surface area contributed by atoms with E-state index in [0.29, 0.717) is 44.0 Å². The fourth-order valence-electron chi connectivity index (χ4n) is 4.04. The summed E-state index contributed by atoms with van der Waals surface area (Å²) in [4.78, 5) is 25.1. The number of sulfonamides is 1. The molecule has 0 unspecified atom stereocenters. The van der Waals surface area contributed by atoms with Crippen molar-refractivity contribution < 1.29 is 18.1 Å². The average Bonchev–Trinajstić information content (AvgIpc) is 2.84. The Labute approximate surface area is 198 Å². The van der Waals surface area contributed by atoms with Gasteiger partial charge in [-0.2, -0.15) is 4.31 Å². The summed E-state index contributed by atoms with van der Waals surface area (Å²) < 4.78 is 27.7. The molecule has 0 bridgehead atoms. The maximum atomic E-state index is 13.1. The van der Waals surface area contributed by atoms with E-state index >= 15 is 0 Å². The fraction of sp³-hybridized carbons (Fsp3) is 0.292. The van der Waals surface area contributed by atoms with Crippen molar-refractivity contribution in [3.8, 4) is 0 Å². The Kier molecular flexibility index (Phi) is 6.92. The first kappa shape index (κ1) is 23.8. The molecule has 1 saturated heterocycles. The van der Waals surface area contributed by atoms with Gasteiger partial charge < -0.3 is 10.2 Å². The molecular formula is C24H26N4O5S. The monoisotopic (exact) mass is 482 g/mol. The van der Waals surface area contributed by atoms with Crippen LogP contribution < -0.4 is 5.32 Å². The van der Waals surface area contributed by atoms with Gasteiger partial charge >= 0.3 is 0 Å². The average molecular weight is 483 g/mol. The van der Waals surface area contributed by atoms with Crippen LogP contribution in [0.3, 0.4) is 0 Å². The van der Waals surface area contributed by atoms with Gasteiger partial charge in [0.15, 0.2) is 0 Å². The molecule has 0 atom stereocenters. The second-order valence-electron chi connectivity index (χ2n) is 8.31. The predicted octanol–water partition coefficient (Wildman–Crippen LogP) is 3.39. The number of aryl methyl sites for hydroxylation is 1. The highest BCUT2D eigenvalue weighted by Gasteiger charge is 2.28. The molecule has 3 aromatic carbocycles. The number of piperazine rings is 1. The lowest BCUT2D eigenvalue weighted by atomic mass is 10.1. The van der Waals surface area contributed by atoms with Crippen molar-refractivity contribution in [2.24, 2.45) is 0 Å². The van der Waals surface area contributed by atoms with E-state index in [1.807, 2.05) is 30.3 Å². The lowest BCUT2D eigenvalue weighted by Crippen LogP contribution is -2.49. The van der Waals surface area contributed by atoms with Crippen LogP contribution in [-0.2, 0) is 14.8 Å². The predicted molar refractivity (Wildman–Crippen MR) is 130 cm³/mol. The summed E-state index contributed by atoms with van der Waals surface area (Å²) in [5, 5.41) is 15.5. The zero-order valence-electron chi connectivity index (χ0n) is 18.8. The van der Waals surface area contributed by atoms with Gasteiger partial charge in [0, 0.05) is 57.0 Å². The number of anilines is 1. The van der Waals surface area contributed by atoms with Crippen molar-refractivity contribution in [1.29, 1.82) is 0 Å². The van der Waals surface area contributed by atoms with Crippen LogP contribution in [0.2, 0.25) is 0 Å². The van der Waals surface area contributed by atoms with E-state index in [9.17, 15) is 23.3 Å². The molecule has 1 amide bonds. The van der Waals surface area contributed by atoms with Crippen LogP contribution in [0.25, 0.3) is 10.8 Å². The van der Waals surface area contributed by atoms with E-state index < -0.39 is 14.9 Å². The minimum Gasteiger partial charge on any atom is -0.326 e. The number of benzene rings is 3. The summed E-state index contributed by atoms with van der Waals surface area (Å²) >= 11 is 0.